The minimum Gasteiger partial charge on any atom is -0.486 e. The molecule has 20 heavy (non-hydrogen) atoms. The van der Waals surface area contributed by atoms with E-state index in [1.165, 1.54) is 0 Å². The highest BCUT2D eigenvalue weighted by Crippen LogP contribution is 2.35. The van der Waals surface area contributed by atoms with Crippen LogP contribution in [0, 0.1) is 0 Å². The van der Waals surface area contributed by atoms with Crippen molar-refractivity contribution < 1.29 is 19.3 Å². The molecule has 1 aromatic rings. The largest absolute Gasteiger partial charge is 0.486 e. The highest BCUT2D eigenvalue weighted by atomic mass is 16.6. The number of ether oxygens (including phenoxy) is 3. The monoisotopic (exact) mass is 280 g/mol. The van der Waals surface area contributed by atoms with Gasteiger partial charge in [0.2, 0.25) is 0 Å². The van der Waals surface area contributed by atoms with Gasteiger partial charge in [-0.2, -0.15) is 0 Å². The molecule has 0 aromatic heterocycles. The molecular formula is C14H20N2O4. The van der Waals surface area contributed by atoms with Crippen molar-refractivity contribution in [1.29, 1.82) is 0 Å². The van der Waals surface area contributed by atoms with Gasteiger partial charge in [-0.3, -0.25) is 4.90 Å². The smallest absolute Gasteiger partial charge is 0.163 e. The number of rotatable bonds is 3. The van der Waals surface area contributed by atoms with Crippen LogP contribution in [0.2, 0.25) is 0 Å². The third kappa shape index (κ3) is 2.82. The number of aliphatic hydroxyl groups excluding tert-OH is 1. The zero-order valence-electron chi connectivity index (χ0n) is 11.4. The van der Waals surface area contributed by atoms with Crippen molar-refractivity contribution in [1.82, 2.24) is 4.90 Å². The van der Waals surface area contributed by atoms with Crippen molar-refractivity contribution in [3.05, 3.63) is 17.7 Å². The molecule has 1 unspecified atom stereocenters. The van der Waals surface area contributed by atoms with Gasteiger partial charge in [-0.25, -0.2) is 0 Å². The van der Waals surface area contributed by atoms with Crippen LogP contribution in [0.3, 0.4) is 0 Å². The second-order valence-electron chi connectivity index (χ2n) is 5.11. The van der Waals surface area contributed by atoms with Crippen molar-refractivity contribution in [2.24, 2.45) is 0 Å². The van der Waals surface area contributed by atoms with Crippen molar-refractivity contribution in [3.8, 4) is 11.5 Å². The zero-order chi connectivity index (χ0) is 13.9. The van der Waals surface area contributed by atoms with E-state index in [9.17, 15) is 5.11 Å². The van der Waals surface area contributed by atoms with E-state index in [1.54, 1.807) is 0 Å². The highest BCUT2D eigenvalue weighted by molar-refractivity contribution is 5.58. The van der Waals surface area contributed by atoms with Gasteiger partial charge >= 0.3 is 0 Å². The van der Waals surface area contributed by atoms with E-state index in [2.05, 4.69) is 4.90 Å². The Labute approximate surface area is 118 Å². The molecule has 0 spiro atoms. The molecule has 2 heterocycles. The van der Waals surface area contributed by atoms with Gasteiger partial charge < -0.3 is 25.1 Å². The molecule has 3 N–H and O–H groups in total. The molecule has 2 aliphatic rings. The number of nitrogens with zero attached hydrogens (tertiary/aromatic N) is 1. The van der Waals surface area contributed by atoms with Crippen molar-refractivity contribution in [2.75, 3.05) is 45.3 Å². The predicted molar refractivity (Wildman–Crippen MR) is 73.9 cm³/mol. The van der Waals surface area contributed by atoms with Crippen molar-refractivity contribution in [3.63, 3.8) is 0 Å². The van der Waals surface area contributed by atoms with E-state index < -0.39 is 0 Å². The Hall–Kier alpha value is -1.50. The summed E-state index contributed by atoms with van der Waals surface area (Å²) in [7, 11) is 0. The van der Waals surface area contributed by atoms with Crippen LogP contribution in [-0.4, -0.2) is 55.6 Å². The third-order valence-electron chi connectivity index (χ3n) is 3.62. The van der Waals surface area contributed by atoms with E-state index in [0.717, 1.165) is 24.4 Å². The first-order valence-corrected chi connectivity index (χ1v) is 6.89. The van der Waals surface area contributed by atoms with E-state index in [4.69, 9.17) is 19.9 Å². The number of anilines is 1. The second-order valence-corrected chi connectivity index (χ2v) is 5.11. The van der Waals surface area contributed by atoms with Crippen LogP contribution in [0.5, 0.6) is 11.5 Å². The summed E-state index contributed by atoms with van der Waals surface area (Å²) in [5.74, 6) is 1.47. The molecule has 1 aromatic carbocycles. The van der Waals surface area contributed by atoms with Gasteiger partial charge in [0.25, 0.3) is 0 Å². The maximum Gasteiger partial charge on any atom is 0.163 e. The standard InChI is InChI=1S/C14H20N2O4/c15-12-6-14-13(19-3-4-20-14)5-10(12)7-16-1-2-18-11(8-16)9-17/h5-6,11,17H,1-4,7-9,15H2. The summed E-state index contributed by atoms with van der Waals surface area (Å²) in [5, 5.41) is 9.17. The number of aliphatic hydroxyl groups is 1. The summed E-state index contributed by atoms with van der Waals surface area (Å²) < 4.78 is 16.5. The fourth-order valence-electron chi connectivity index (χ4n) is 2.56. The lowest BCUT2D eigenvalue weighted by Crippen LogP contribution is -2.43. The molecule has 0 amide bonds. The predicted octanol–water partition coefficient (Wildman–Crippen LogP) is 0.233. The SMILES string of the molecule is Nc1cc2c(cc1CN1CCOC(CO)C1)OCCO2. The summed E-state index contributed by atoms with van der Waals surface area (Å²) in [6, 6.07) is 3.78. The van der Waals surface area contributed by atoms with Crippen LogP contribution in [0.15, 0.2) is 12.1 Å². The van der Waals surface area contributed by atoms with Crippen LogP contribution in [0.1, 0.15) is 5.56 Å². The van der Waals surface area contributed by atoms with Crippen LogP contribution < -0.4 is 15.2 Å². The van der Waals surface area contributed by atoms with Crippen LogP contribution in [0.25, 0.3) is 0 Å². The molecule has 3 rings (SSSR count). The lowest BCUT2D eigenvalue weighted by molar-refractivity contribution is -0.0550. The first kappa shape index (κ1) is 13.5. The number of fused-ring (bicyclic) bond motifs is 1. The Kier molecular flexibility index (Phi) is 3.95. The number of morpholine rings is 1. The second kappa shape index (κ2) is 5.87. The van der Waals surface area contributed by atoms with Crippen LogP contribution in [0.4, 0.5) is 5.69 Å². The molecule has 1 atom stereocenters. The number of hydrogen-bond acceptors (Lipinski definition) is 6. The zero-order valence-corrected chi connectivity index (χ0v) is 11.4. The molecule has 0 saturated carbocycles. The summed E-state index contributed by atoms with van der Waals surface area (Å²) in [6.45, 7) is 4.09. The molecule has 0 aliphatic carbocycles. The molecule has 0 bridgehead atoms. The minimum absolute atomic E-state index is 0.0487. The topological polar surface area (TPSA) is 77.2 Å². The minimum atomic E-state index is -0.109. The van der Waals surface area contributed by atoms with Gasteiger partial charge in [0.1, 0.15) is 13.2 Å². The van der Waals surface area contributed by atoms with E-state index in [1.807, 2.05) is 12.1 Å². The summed E-state index contributed by atoms with van der Waals surface area (Å²) in [4.78, 5) is 2.23. The van der Waals surface area contributed by atoms with Gasteiger partial charge in [-0.1, -0.05) is 0 Å². The van der Waals surface area contributed by atoms with E-state index in [-0.39, 0.29) is 12.7 Å². The molecular weight excluding hydrogens is 260 g/mol. The number of hydrogen-bond donors (Lipinski definition) is 2. The maximum absolute atomic E-state index is 9.17. The summed E-state index contributed by atoms with van der Waals surface area (Å²) >= 11 is 0. The first-order valence-electron chi connectivity index (χ1n) is 6.89. The van der Waals surface area contributed by atoms with Crippen LogP contribution >= 0.6 is 0 Å². The fourth-order valence-corrected chi connectivity index (χ4v) is 2.56. The van der Waals surface area contributed by atoms with Gasteiger partial charge in [0.05, 0.1) is 19.3 Å². The molecule has 2 aliphatic heterocycles. The highest BCUT2D eigenvalue weighted by Gasteiger charge is 2.21. The Morgan fingerprint density at radius 2 is 1.95 bits per heavy atom. The maximum atomic E-state index is 9.17. The fraction of sp³-hybridized carbons (Fsp3) is 0.571. The summed E-state index contributed by atoms with van der Waals surface area (Å²) in [6.07, 6.45) is -0.109. The molecule has 110 valence electrons. The quantitative estimate of drug-likeness (QED) is 0.772. The Balaban J connectivity index is 1.73. The van der Waals surface area contributed by atoms with Gasteiger partial charge in [0, 0.05) is 31.4 Å². The van der Waals surface area contributed by atoms with Crippen LogP contribution in [-0.2, 0) is 11.3 Å². The number of nitrogen functional groups attached to an aromatic ring is 1. The molecule has 1 saturated heterocycles. The average Bonchev–Trinajstić information content (AvgIpc) is 2.48. The Morgan fingerprint density at radius 3 is 2.70 bits per heavy atom. The number of benzene rings is 1. The first-order chi connectivity index (χ1) is 9.76. The molecule has 6 nitrogen and oxygen atoms in total. The average molecular weight is 280 g/mol. The molecule has 1 fully saturated rings. The van der Waals surface area contributed by atoms with Gasteiger partial charge in [0.15, 0.2) is 11.5 Å². The number of nitrogens with two attached hydrogens (primary N) is 1. The summed E-state index contributed by atoms with van der Waals surface area (Å²) in [5.41, 5.74) is 7.82. The van der Waals surface area contributed by atoms with Gasteiger partial charge in [-0.15, -0.1) is 0 Å². The third-order valence-corrected chi connectivity index (χ3v) is 3.62. The van der Waals surface area contributed by atoms with Crippen molar-refractivity contribution >= 4 is 5.69 Å². The van der Waals surface area contributed by atoms with E-state index in [0.29, 0.717) is 37.8 Å². The van der Waals surface area contributed by atoms with Gasteiger partial charge in [-0.05, 0) is 11.6 Å². The molecule has 0 radical (unpaired) electrons. The lowest BCUT2D eigenvalue weighted by Gasteiger charge is -2.32. The van der Waals surface area contributed by atoms with Crippen molar-refractivity contribution in [2.45, 2.75) is 12.6 Å². The normalized spacial score (nSPS) is 22.8. The Morgan fingerprint density at radius 1 is 1.20 bits per heavy atom. The lowest BCUT2D eigenvalue weighted by atomic mass is 10.1. The Bertz CT molecular complexity index is 480. The van der Waals surface area contributed by atoms with E-state index >= 15 is 0 Å². The molecule has 6 heteroatoms.